The molecule has 0 unspecified atom stereocenters. The van der Waals surface area contributed by atoms with Gasteiger partial charge in [0.2, 0.25) is 11.2 Å². The highest BCUT2D eigenvalue weighted by Gasteiger charge is 2.23. The SMILES string of the molecule is CCOC(=O)c1ccc(Oc2coc3c4c(ccc3c2=O)OCN(CCc2ccc(OC)c(OC)c2)C4)cc1. The molecule has 9 heteroatoms. The van der Waals surface area contributed by atoms with Crippen molar-refractivity contribution in [1.82, 2.24) is 4.90 Å². The quantitative estimate of drug-likeness (QED) is 0.271. The summed E-state index contributed by atoms with van der Waals surface area (Å²) in [5.41, 5.74) is 2.50. The second kappa shape index (κ2) is 11.5. The van der Waals surface area contributed by atoms with Crippen LogP contribution in [-0.2, 0) is 17.7 Å². The molecule has 0 amide bonds. The maximum absolute atomic E-state index is 13.2. The van der Waals surface area contributed by atoms with Gasteiger partial charge in [0.1, 0.15) is 30.1 Å². The summed E-state index contributed by atoms with van der Waals surface area (Å²) >= 11 is 0. The molecule has 0 fully saturated rings. The summed E-state index contributed by atoms with van der Waals surface area (Å²) in [4.78, 5) is 27.3. The third-order valence-electron chi connectivity index (χ3n) is 6.51. The minimum atomic E-state index is -0.418. The third kappa shape index (κ3) is 5.53. The Morgan fingerprint density at radius 2 is 1.77 bits per heavy atom. The Kier molecular flexibility index (Phi) is 7.69. The number of methoxy groups -OCH3 is 2. The molecule has 5 rings (SSSR count). The zero-order valence-electron chi connectivity index (χ0n) is 22.0. The van der Waals surface area contributed by atoms with E-state index >= 15 is 0 Å². The molecule has 0 bridgehead atoms. The molecule has 1 aromatic heterocycles. The molecule has 3 aromatic carbocycles. The van der Waals surface area contributed by atoms with E-state index in [9.17, 15) is 9.59 Å². The fourth-order valence-corrected chi connectivity index (χ4v) is 4.47. The Morgan fingerprint density at radius 1 is 0.974 bits per heavy atom. The lowest BCUT2D eigenvalue weighted by molar-refractivity contribution is 0.0526. The Labute approximate surface area is 225 Å². The van der Waals surface area contributed by atoms with E-state index in [0.717, 1.165) is 24.1 Å². The van der Waals surface area contributed by atoms with Crippen LogP contribution in [0.25, 0.3) is 11.0 Å². The molecule has 202 valence electrons. The number of carbonyl (C=O) groups excluding carboxylic acids is 1. The fraction of sp³-hybridized carbons (Fsp3) is 0.267. The van der Waals surface area contributed by atoms with Crippen LogP contribution in [0.15, 0.2) is 70.1 Å². The van der Waals surface area contributed by atoms with Crippen molar-refractivity contribution in [3.05, 3.63) is 87.8 Å². The summed E-state index contributed by atoms with van der Waals surface area (Å²) < 4.78 is 33.4. The minimum absolute atomic E-state index is 0.0494. The van der Waals surface area contributed by atoms with Crippen LogP contribution in [0.4, 0.5) is 0 Å². The number of carbonyl (C=O) groups is 1. The molecule has 39 heavy (non-hydrogen) atoms. The van der Waals surface area contributed by atoms with Gasteiger partial charge in [-0.15, -0.1) is 0 Å². The maximum atomic E-state index is 13.2. The monoisotopic (exact) mass is 531 g/mol. The van der Waals surface area contributed by atoms with Gasteiger partial charge in [-0.25, -0.2) is 4.79 Å². The smallest absolute Gasteiger partial charge is 0.338 e. The van der Waals surface area contributed by atoms with Crippen molar-refractivity contribution >= 4 is 16.9 Å². The van der Waals surface area contributed by atoms with Crippen molar-refractivity contribution in [1.29, 1.82) is 0 Å². The number of rotatable bonds is 9. The van der Waals surface area contributed by atoms with Crippen molar-refractivity contribution in [2.45, 2.75) is 19.9 Å². The van der Waals surface area contributed by atoms with Crippen LogP contribution >= 0.6 is 0 Å². The van der Waals surface area contributed by atoms with Crippen LogP contribution in [0.2, 0.25) is 0 Å². The first-order chi connectivity index (χ1) is 19.0. The van der Waals surface area contributed by atoms with Gasteiger partial charge in [-0.1, -0.05) is 6.07 Å². The van der Waals surface area contributed by atoms with E-state index in [1.165, 1.54) is 6.26 Å². The molecule has 4 aromatic rings. The molecule has 0 atom stereocenters. The van der Waals surface area contributed by atoms with Crippen LogP contribution in [0.5, 0.6) is 28.7 Å². The Hall–Kier alpha value is -4.50. The topological polar surface area (TPSA) is 96.7 Å². The van der Waals surface area contributed by atoms with Crippen LogP contribution in [0.1, 0.15) is 28.4 Å². The summed E-state index contributed by atoms with van der Waals surface area (Å²) in [5.74, 6) is 2.10. The van der Waals surface area contributed by atoms with E-state index in [2.05, 4.69) is 4.90 Å². The molecule has 9 nitrogen and oxygen atoms in total. The highest BCUT2D eigenvalue weighted by atomic mass is 16.5. The van der Waals surface area contributed by atoms with Gasteiger partial charge in [0.15, 0.2) is 11.5 Å². The van der Waals surface area contributed by atoms with Crippen LogP contribution < -0.4 is 24.4 Å². The summed E-state index contributed by atoms with van der Waals surface area (Å²) in [7, 11) is 3.23. The van der Waals surface area contributed by atoms with Gasteiger partial charge >= 0.3 is 5.97 Å². The molecule has 2 heterocycles. The van der Waals surface area contributed by atoms with Crippen molar-refractivity contribution in [2.75, 3.05) is 34.1 Å². The highest BCUT2D eigenvalue weighted by molar-refractivity contribution is 5.89. The predicted molar refractivity (Wildman–Crippen MR) is 144 cm³/mol. The molecule has 0 N–H and O–H groups in total. The van der Waals surface area contributed by atoms with Crippen LogP contribution in [0, 0.1) is 0 Å². The van der Waals surface area contributed by atoms with Crippen LogP contribution in [0.3, 0.4) is 0 Å². The zero-order valence-corrected chi connectivity index (χ0v) is 22.0. The molecule has 0 aliphatic carbocycles. The van der Waals surface area contributed by atoms with Crippen LogP contribution in [-0.4, -0.2) is 45.0 Å². The minimum Gasteiger partial charge on any atom is -0.493 e. The van der Waals surface area contributed by atoms with Gasteiger partial charge < -0.3 is 28.1 Å². The normalized spacial score (nSPS) is 12.9. The highest BCUT2D eigenvalue weighted by Crippen LogP contribution is 2.33. The number of hydrogen-bond acceptors (Lipinski definition) is 9. The molecule has 1 aliphatic heterocycles. The van der Waals surface area contributed by atoms with Crippen molar-refractivity contribution in [2.24, 2.45) is 0 Å². The molecular weight excluding hydrogens is 502 g/mol. The van der Waals surface area contributed by atoms with Gasteiger partial charge in [0.25, 0.3) is 0 Å². The largest absolute Gasteiger partial charge is 0.493 e. The third-order valence-corrected chi connectivity index (χ3v) is 6.51. The molecule has 1 aliphatic rings. The Balaban J connectivity index is 1.32. The van der Waals surface area contributed by atoms with E-state index in [0.29, 0.717) is 59.4 Å². The van der Waals surface area contributed by atoms with Crippen molar-refractivity contribution < 1.29 is 32.9 Å². The summed E-state index contributed by atoms with van der Waals surface area (Å²) in [5, 5.41) is 0.403. The second-order valence-electron chi connectivity index (χ2n) is 8.96. The first kappa shape index (κ1) is 26.1. The number of benzene rings is 3. The van der Waals surface area contributed by atoms with Gasteiger partial charge in [0.05, 0.1) is 37.3 Å². The lowest BCUT2D eigenvalue weighted by Gasteiger charge is -2.29. The van der Waals surface area contributed by atoms with Crippen molar-refractivity contribution in [3.63, 3.8) is 0 Å². The molecular formula is C30H29NO8. The van der Waals surface area contributed by atoms with Gasteiger partial charge in [-0.05, 0) is 67.4 Å². The lowest BCUT2D eigenvalue weighted by atomic mass is 10.1. The van der Waals surface area contributed by atoms with Gasteiger partial charge in [-0.3, -0.25) is 9.69 Å². The first-order valence-electron chi connectivity index (χ1n) is 12.6. The summed E-state index contributed by atoms with van der Waals surface area (Å²) in [6.07, 6.45) is 2.09. The van der Waals surface area contributed by atoms with E-state index in [4.69, 9.17) is 28.1 Å². The average molecular weight is 532 g/mol. The maximum Gasteiger partial charge on any atom is 0.338 e. The number of esters is 1. The van der Waals surface area contributed by atoms with E-state index < -0.39 is 5.97 Å². The molecule has 0 radical (unpaired) electrons. The fourth-order valence-electron chi connectivity index (χ4n) is 4.47. The summed E-state index contributed by atoms with van der Waals surface area (Å²) in [6.45, 7) is 3.77. The molecule has 0 saturated carbocycles. The zero-order chi connectivity index (χ0) is 27.4. The average Bonchev–Trinajstić information content (AvgIpc) is 2.97. The van der Waals surface area contributed by atoms with Gasteiger partial charge in [0, 0.05) is 13.1 Å². The number of ether oxygens (including phenoxy) is 5. The molecule has 0 spiro atoms. The number of nitrogens with zero attached hydrogens (tertiary/aromatic N) is 1. The molecule has 0 saturated heterocycles. The van der Waals surface area contributed by atoms with Gasteiger partial charge in [-0.2, -0.15) is 0 Å². The standard InChI is InChI=1S/C30H29NO8/c1-4-36-30(33)20-6-8-21(9-7-20)39-27-17-37-29-22(28(27)32)10-12-24-23(29)16-31(18-38-24)14-13-19-5-11-25(34-2)26(15-19)35-3/h5-12,15,17H,4,13-14,16,18H2,1-3H3. The first-order valence-corrected chi connectivity index (χ1v) is 12.6. The Bertz CT molecular complexity index is 1540. The van der Waals surface area contributed by atoms with E-state index in [1.54, 1.807) is 57.5 Å². The van der Waals surface area contributed by atoms with Crippen molar-refractivity contribution in [3.8, 4) is 28.7 Å². The van der Waals surface area contributed by atoms with E-state index in [-0.39, 0.29) is 11.2 Å². The second-order valence-corrected chi connectivity index (χ2v) is 8.96. The Morgan fingerprint density at radius 3 is 2.51 bits per heavy atom. The lowest BCUT2D eigenvalue weighted by Crippen LogP contribution is -2.33. The van der Waals surface area contributed by atoms with E-state index in [1.807, 2.05) is 18.2 Å². The number of fused-ring (bicyclic) bond motifs is 3. The predicted octanol–water partition coefficient (Wildman–Crippen LogP) is 5.17. The summed E-state index contributed by atoms with van der Waals surface area (Å²) in [6, 6.07) is 15.7. The number of hydrogen-bond donors (Lipinski definition) is 0.